The highest BCUT2D eigenvalue weighted by Crippen LogP contribution is 2.36. The highest BCUT2D eigenvalue weighted by Gasteiger charge is 2.37. The number of carbonyl (C=O) groups is 2. The Morgan fingerprint density at radius 3 is 2.20 bits per heavy atom. The van der Waals surface area contributed by atoms with Crippen molar-refractivity contribution in [3.8, 4) is 5.75 Å². The van der Waals surface area contributed by atoms with Gasteiger partial charge in [-0.3, -0.25) is 9.69 Å². The zero-order chi connectivity index (χ0) is 32.6. The largest absolute Gasteiger partial charge is 0.494 e. The Morgan fingerprint density at radius 2 is 1.66 bits per heavy atom. The van der Waals surface area contributed by atoms with Crippen molar-refractivity contribution in [2.75, 3.05) is 46.0 Å². The number of carbonyl (C=O) groups excluding carboxylic acids is 1. The number of ether oxygens (including phenoxy) is 2. The van der Waals surface area contributed by atoms with Crippen LogP contribution >= 0.6 is 0 Å². The number of hydrogen-bond acceptors (Lipinski definition) is 9. The van der Waals surface area contributed by atoms with E-state index in [9.17, 15) is 14.7 Å². The lowest BCUT2D eigenvalue weighted by molar-refractivity contribution is -0.0503. The van der Waals surface area contributed by atoms with Crippen LogP contribution in [0.2, 0.25) is 18.1 Å². The average Bonchev–Trinajstić information content (AvgIpc) is 2.98. The van der Waals surface area contributed by atoms with E-state index in [-0.39, 0.29) is 37.2 Å². The first kappa shape index (κ1) is 36.2. The molecule has 0 bridgehead atoms. The minimum absolute atomic E-state index is 0.00208. The molecule has 0 aromatic heterocycles. The lowest BCUT2D eigenvalue weighted by Gasteiger charge is -2.36. The van der Waals surface area contributed by atoms with Gasteiger partial charge in [-0.2, -0.15) is 10.2 Å². The molecule has 0 saturated carbocycles. The van der Waals surface area contributed by atoms with E-state index < -0.39 is 20.6 Å². The second-order valence-electron chi connectivity index (χ2n) is 11.3. The minimum atomic E-state index is -1.95. The maximum atomic E-state index is 12.6. The molecule has 4 N–H and O–H groups in total. The summed E-state index contributed by atoms with van der Waals surface area (Å²) in [6, 6.07) is 13.6. The number of amides is 2. The van der Waals surface area contributed by atoms with Gasteiger partial charge < -0.3 is 30.1 Å². The van der Waals surface area contributed by atoms with Gasteiger partial charge in [0.2, 0.25) is 0 Å². The van der Waals surface area contributed by atoms with Crippen LogP contribution < -0.4 is 15.8 Å². The Bertz CT molecular complexity index is 1260. The normalized spacial score (nSPS) is 12.4. The summed E-state index contributed by atoms with van der Waals surface area (Å²) >= 11 is 0. The van der Waals surface area contributed by atoms with Gasteiger partial charge in [-0.15, -0.1) is 0 Å². The van der Waals surface area contributed by atoms with Crippen LogP contribution in [0.15, 0.2) is 63.9 Å². The molecule has 0 fully saturated rings. The Kier molecular flexibility index (Phi) is 14.8. The number of nitrogens with two attached hydrogens (primary N) is 1. The maximum absolute atomic E-state index is 12.6. The van der Waals surface area contributed by atoms with Crippen LogP contribution in [0.3, 0.4) is 0 Å². The first-order chi connectivity index (χ1) is 20.9. The molecule has 14 nitrogen and oxygen atoms in total. The van der Waals surface area contributed by atoms with E-state index >= 15 is 0 Å². The molecule has 1 atom stereocenters. The molecule has 240 valence electrons. The predicted octanol–water partition coefficient (Wildman–Crippen LogP) is 6.21. The Balaban J connectivity index is 1.82. The summed E-state index contributed by atoms with van der Waals surface area (Å²) in [6.45, 7) is 12.1. The average molecular weight is 629 g/mol. The molecule has 2 aromatic carbocycles. The standard InChI is InChI=1S/C29H44N8O6Si/c1-29(2,3)44(4,5)43-20-19-42-26(21-30)37(28(39)40)17-16-32-27(38)22-7-9-23(10-8-22)34-35-24-11-13-25(14-12-24)41-18-6-15-33-36-31/h7-14,26H,6,15-21,30H2,1-5H3,(H,32,38)(H,39,40). The molecular formula is C29H44N8O6Si. The molecule has 0 aliphatic rings. The minimum Gasteiger partial charge on any atom is -0.494 e. The fourth-order valence-electron chi connectivity index (χ4n) is 3.51. The van der Waals surface area contributed by atoms with Gasteiger partial charge in [0.15, 0.2) is 8.32 Å². The van der Waals surface area contributed by atoms with Crippen molar-refractivity contribution < 1.29 is 28.6 Å². The molecule has 15 heteroatoms. The number of nitrogens with zero attached hydrogens (tertiary/aromatic N) is 6. The van der Waals surface area contributed by atoms with Gasteiger partial charge in [-0.1, -0.05) is 25.9 Å². The third-order valence-electron chi connectivity index (χ3n) is 7.08. The summed E-state index contributed by atoms with van der Waals surface area (Å²) in [6.07, 6.45) is -1.44. The smallest absolute Gasteiger partial charge is 0.409 e. The molecule has 0 aliphatic heterocycles. The molecule has 2 amide bonds. The topological polar surface area (TPSA) is 197 Å². The van der Waals surface area contributed by atoms with Gasteiger partial charge >= 0.3 is 6.09 Å². The molecule has 44 heavy (non-hydrogen) atoms. The van der Waals surface area contributed by atoms with Crippen molar-refractivity contribution >= 4 is 31.7 Å². The summed E-state index contributed by atoms with van der Waals surface area (Å²) < 4.78 is 17.4. The number of carboxylic acid groups (broad SMARTS) is 1. The summed E-state index contributed by atoms with van der Waals surface area (Å²) in [5, 5.41) is 24.3. The summed E-state index contributed by atoms with van der Waals surface area (Å²) in [5.74, 6) is 0.311. The monoisotopic (exact) mass is 628 g/mol. The Labute approximate surface area is 259 Å². The number of azo groups is 1. The summed E-state index contributed by atoms with van der Waals surface area (Å²) in [4.78, 5) is 28.3. The third kappa shape index (κ3) is 12.3. The van der Waals surface area contributed by atoms with Crippen LogP contribution in [0.4, 0.5) is 16.2 Å². The zero-order valence-electron chi connectivity index (χ0n) is 26.1. The quantitative estimate of drug-likeness (QED) is 0.0435. The molecule has 0 aliphatic carbocycles. The molecular weight excluding hydrogens is 584 g/mol. The predicted molar refractivity (Wildman–Crippen MR) is 170 cm³/mol. The highest BCUT2D eigenvalue weighted by molar-refractivity contribution is 6.74. The van der Waals surface area contributed by atoms with Crippen molar-refractivity contribution in [2.24, 2.45) is 21.1 Å². The van der Waals surface area contributed by atoms with Gasteiger partial charge in [0.25, 0.3) is 5.91 Å². The van der Waals surface area contributed by atoms with Gasteiger partial charge in [0.05, 0.1) is 31.2 Å². The van der Waals surface area contributed by atoms with Crippen molar-refractivity contribution in [1.82, 2.24) is 10.2 Å². The second kappa shape index (κ2) is 17.9. The number of hydrogen-bond donors (Lipinski definition) is 3. The van der Waals surface area contributed by atoms with Crippen LogP contribution in [0.25, 0.3) is 10.4 Å². The number of azide groups is 1. The number of benzene rings is 2. The van der Waals surface area contributed by atoms with E-state index in [0.29, 0.717) is 48.9 Å². The van der Waals surface area contributed by atoms with Gasteiger partial charge in [-0.25, -0.2) is 4.79 Å². The SMILES string of the molecule is CC(C)(C)[Si](C)(C)OCCOC(CN)N(CCNC(=O)c1ccc(N=Nc2ccc(OCCCN=[N+]=[N-])cc2)cc1)C(=O)O. The molecule has 0 saturated heterocycles. The van der Waals surface area contributed by atoms with Gasteiger partial charge in [0, 0.05) is 36.7 Å². The first-order valence-electron chi connectivity index (χ1n) is 14.4. The van der Waals surface area contributed by atoms with E-state index in [1.807, 2.05) is 0 Å². The third-order valence-corrected chi connectivity index (χ3v) is 11.6. The van der Waals surface area contributed by atoms with Crippen LogP contribution in [0.5, 0.6) is 5.75 Å². The Morgan fingerprint density at radius 1 is 1.05 bits per heavy atom. The lowest BCUT2D eigenvalue weighted by Crippen LogP contribution is -2.49. The molecule has 1 unspecified atom stereocenters. The summed E-state index contributed by atoms with van der Waals surface area (Å²) in [5.41, 5.74) is 15.6. The van der Waals surface area contributed by atoms with Crippen LogP contribution in [-0.2, 0) is 9.16 Å². The molecule has 2 rings (SSSR count). The van der Waals surface area contributed by atoms with Crippen molar-refractivity contribution in [1.29, 1.82) is 0 Å². The van der Waals surface area contributed by atoms with Gasteiger partial charge in [0.1, 0.15) is 12.0 Å². The first-order valence-corrected chi connectivity index (χ1v) is 17.3. The second-order valence-corrected chi connectivity index (χ2v) is 16.1. The van der Waals surface area contributed by atoms with Crippen molar-refractivity contribution in [2.45, 2.75) is 51.6 Å². The Hall–Kier alpha value is -4.01. The van der Waals surface area contributed by atoms with Gasteiger partial charge in [-0.05, 0) is 78.6 Å². The van der Waals surface area contributed by atoms with Crippen LogP contribution in [-0.4, -0.2) is 82.6 Å². The zero-order valence-corrected chi connectivity index (χ0v) is 27.1. The van der Waals surface area contributed by atoms with Crippen molar-refractivity contribution in [3.05, 3.63) is 64.5 Å². The van der Waals surface area contributed by atoms with E-state index in [1.165, 1.54) is 0 Å². The highest BCUT2D eigenvalue weighted by atomic mass is 28.4. The van der Waals surface area contributed by atoms with E-state index in [0.717, 1.165) is 4.90 Å². The van der Waals surface area contributed by atoms with E-state index in [4.69, 9.17) is 25.2 Å². The fraction of sp³-hybridized carbons (Fsp3) is 0.517. The molecule has 0 heterocycles. The van der Waals surface area contributed by atoms with Crippen molar-refractivity contribution in [3.63, 3.8) is 0 Å². The number of rotatable bonds is 18. The van der Waals surface area contributed by atoms with E-state index in [2.05, 4.69) is 59.4 Å². The number of nitrogens with one attached hydrogen (secondary N) is 1. The van der Waals surface area contributed by atoms with E-state index in [1.54, 1.807) is 48.5 Å². The van der Waals surface area contributed by atoms with Crippen LogP contribution in [0.1, 0.15) is 37.6 Å². The maximum Gasteiger partial charge on any atom is 0.409 e. The molecule has 0 spiro atoms. The fourth-order valence-corrected chi connectivity index (χ4v) is 4.54. The molecule has 2 aromatic rings. The lowest BCUT2D eigenvalue weighted by atomic mass is 10.2. The summed E-state index contributed by atoms with van der Waals surface area (Å²) in [7, 11) is -1.95. The van der Waals surface area contributed by atoms with Crippen LogP contribution in [0, 0.1) is 0 Å². The molecule has 0 radical (unpaired) electrons.